The van der Waals surface area contributed by atoms with Crippen molar-refractivity contribution in [2.45, 2.75) is 0 Å². The maximum absolute atomic E-state index is 2.29. The molecule has 0 amide bonds. The van der Waals surface area contributed by atoms with E-state index in [1.54, 1.807) is 0 Å². The van der Waals surface area contributed by atoms with Gasteiger partial charge >= 0.3 is 121 Å². The van der Waals surface area contributed by atoms with Gasteiger partial charge in [-0.15, -0.1) is 0 Å². The third-order valence-electron chi connectivity index (χ3n) is 3.19. The average molecular weight is 373 g/mol. The van der Waals surface area contributed by atoms with Gasteiger partial charge in [-0.2, -0.15) is 0 Å². The Morgan fingerprint density at radius 2 is 0.650 bits per heavy atom. The molecule has 0 spiro atoms. The summed E-state index contributed by atoms with van der Waals surface area (Å²) in [5, 5.41) is 0. The van der Waals surface area contributed by atoms with Gasteiger partial charge in [0.2, 0.25) is 0 Å². The first-order valence-corrected chi connectivity index (χ1v) is 10.8. The van der Waals surface area contributed by atoms with Crippen LogP contribution in [0.5, 0.6) is 0 Å². The molecule has 2 radical (unpaired) electrons. The fourth-order valence-electron chi connectivity index (χ4n) is 2.31. The Bertz CT molecular complexity index is 529. The molecule has 3 aromatic rings. The normalized spacial score (nSPS) is 10.1. The molecule has 3 aromatic carbocycles. The van der Waals surface area contributed by atoms with Crippen LogP contribution in [-0.2, 0) is 0 Å². The molecule has 0 heterocycles. The summed E-state index contributed by atoms with van der Waals surface area (Å²) < 4.78 is 4.59. The minimum absolute atomic E-state index is 0. The van der Waals surface area contributed by atoms with E-state index in [0.717, 1.165) is 0 Å². The second-order valence-electron chi connectivity index (χ2n) is 4.47. The fourth-order valence-corrected chi connectivity index (χ4v) is 9.67. The molecule has 2 heteroatoms. The minimum atomic E-state index is -1.98. The molecule has 0 saturated carbocycles. The standard InChI is InChI=1S/3C6H5.Na.Sn/c3*1-2-4-6-5-3-1;;/h3*1-5H;;. The van der Waals surface area contributed by atoms with Gasteiger partial charge in [0.1, 0.15) is 0 Å². The van der Waals surface area contributed by atoms with Crippen molar-refractivity contribution in [1.82, 2.24) is 0 Å². The van der Waals surface area contributed by atoms with Gasteiger partial charge in [0.25, 0.3) is 0 Å². The molecule has 0 aliphatic heterocycles. The summed E-state index contributed by atoms with van der Waals surface area (Å²) in [5.74, 6) is 0. The number of benzene rings is 3. The van der Waals surface area contributed by atoms with E-state index in [4.69, 9.17) is 0 Å². The van der Waals surface area contributed by atoms with Crippen LogP contribution < -0.4 is 10.7 Å². The molecule has 0 N–H and O–H groups in total. The Kier molecular flexibility index (Phi) is 6.37. The van der Waals surface area contributed by atoms with Crippen molar-refractivity contribution in [1.29, 1.82) is 0 Å². The molecule has 20 heavy (non-hydrogen) atoms. The van der Waals surface area contributed by atoms with Crippen molar-refractivity contribution >= 4 is 60.1 Å². The Hall–Kier alpha value is -0.541. The molecular weight excluding hydrogens is 358 g/mol. The molecule has 92 valence electrons. The van der Waals surface area contributed by atoms with Gasteiger partial charge in [-0.25, -0.2) is 0 Å². The predicted molar refractivity (Wildman–Crippen MR) is 89.7 cm³/mol. The van der Waals surface area contributed by atoms with Crippen LogP contribution in [0.2, 0.25) is 0 Å². The molecule has 0 bridgehead atoms. The third-order valence-corrected chi connectivity index (χ3v) is 11.0. The summed E-state index contributed by atoms with van der Waals surface area (Å²) in [6.45, 7) is 0. The van der Waals surface area contributed by atoms with Crippen LogP contribution in [0.25, 0.3) is 0 Å². The zero-order valence-corrected chi connectivity index (χ0v) is 16.5. The second kappa shape index (κ2) is 8.04. The van der Waals surface area contributed by atoms with Gasteiger partial charge < -0.3 is 0 Å². The van der Waals surface area contributed by atoms with E-state index in [-0.39, 0.29) is 29.6 Å². The third kappa shape index (κ3) is 3.76. The van der Waals surface area contributed by atoms with E-state index in [9.17, 15) is 0 Å². The van der Waals surface area contributed by atoms with Crippen LogP contribution in [0.1, 0.15) is 0 Å². The van der Waals surface area contributed by atoms with Crippen molar-refractivity contribution in [3.05, 3.63) is 91.0 Å². The molecule has 0 fully saturated rings. The van der Waals surface area contributed by atoms with Gasteiger partial charge in [-0.05, 0) is 0 Å². The zero-order chi connectivity index (χ0) is 12.9. The number of rotatable bonds is 3. The molecule has 0 aromatic heterocycles. The van der Waals surface area contributed by atoms with Crippen LogP contribution in [-0.4, -0.2) is 49.3 Å². The Balaban J connectivity index is 0.00000147. The average Bonchev–Trinajstić information content (AvgIpc) is 2.51. The van der Waals surface area contributed by atoms with Crippen molar-refractivity contribution in [3.8, 4) is 0 Å². The maximum atomic E-state index is 2.29. The van der Waals surface area contributed by atoms with Crippen LogP contribution in [0.4, 0.5) is 0 Å². The first-order valence-electron chi connectivity index (χ1n) is 6.48. The van der Waals surface area contributed by atoms with Crippen LogP contribution in [0.3, 0.4) is 0 Å². The van der Waals surface area contributed by atoms with Crippen molar-refractivity contribution in [3.63, 3.8) is 0 Å². The molecule has 0 aliphatic rings. The SMILES string of the molecule is [Na].c1cc[c]([Sn]([c]2ccccc2)[c]2ccccc2)cc1. The van der Waals surface area contributed by atoms with Gasteiger partial charge in [0.05, 0.1) is 0 Å². The van der Waals surface area contributed by atoms with Crippen molar-refractivity contribution in [2.24, 2.45) is 0 Å². The molecular formula is C18H15NaSn. The zero-order valence-electron chi connectivity index (χ0n) is 11.7. The Morgan fingerprint density at radius 3 is 0.900 bits per heavy atom. The quantitative estimate of drug-likeness (QED) is 0.615. The van der Waals surface area contributed by atoms with Crippen molar-refractivity contribution in [2.75, 3.05) is 0 Å². The van der Waals surface area contributed by atoms with Crippen LogP contribution >= 0.6 is 0 Å². The number of hydrogen-bond donors (Lipinski definition) is 0. The molecule has 3 rings (SSSR count). The number of hydrogen-bond acceptors (Lipinski definition) is 0. The Labute approximate surface area is 149 Å². The molecule has 0 unspecified atom stereocenters. The summed E-state index contributed by atoms with van der Waals surface area (Å²) in [4.78, 5) is 0. The first-order chi connectivity index (χ1) is 9.45. The van der Waals surface area contributed by atoms with E-state index >= 15 is 0 Å². The topological polar surface area (TPSA) is 0 Å². The van der Waals surface area contributed by atoms with E-state index < -0.39 is 19.8 Å². The summed E-state index contributed by atoms with van der Waals surface area (Å²) >= 11 is -1.98. The van der Waals surface area contributed by atoms with E-state index in [1.807, 2.05) is 0 Å². The van der Waals surface area contributed by atoms with E-state index in [1.165, 1.54) is 10.7 Å². The molecule has 0 aliphatic carbocycles. The predicted octanol–water partition coefficient (Wildman–Crippen LogP) is 1.82. The molecule has 0 atom stereocenters. The van der Waals surface area contributed by atoms with Crippen molar-refractivity contribution < 1.29 is 0 Å². The van der Waals surface area contributed by atoms with Gasteiger partial charge in [-0.3, -0.25) is 0 Å². The van der Waals surface area contributed by atoms with Gasteiger partial charge in [0.15, 0.2) is 0 Å². The summed E-state index contributed by atoms with van der Waals surface area (Å²) in [6.07, 6.45) is 0. The van der Waals surface area contributed by atoms with Gasteiger partial charge in [0, 0.05) is 29.6 Å². The summed E-state index contributed by atoms with van der Waals surface area (Å²) in [7, 11) is 0. The van der Waals surface area contributed by atoms with Gasteiger partial charge in [-0.1, -0.05) is 0 Å². The summed E-state index contributed by atoms with van der Waals surface area (Å²) in [5.41, 5.74) is 0. The summed E-state index contributed by atoms with van der Waals surface area (Å²) in [6, 6.07) is 32.9. The Morgan fingerprint density at radius 1 is 0.400 bits per heavy atom. The second-order valence-corrected chi connectivity index (χ2v) is 11.6. The van der Waals surface area contributed by atoms with E-state index in [0.29, 0.717) is 0 Å². The fraction of sp³-hybridized carbons (Fsp3) is 0. The first kappa shape index (κ1) is 15.8. The monoisotopic (exact) mass is 374 g/mol. The molecule has 0 saturated heterocycles. The van der Waals surface area contributed by atoms with Crippen LogP contribution in [0.15, 0.2) is 91.0 Å². The van der Waals surface area contributed by atoms with E-state index in [2.05, 4.69) is 91.0 Å². The van der Waals surface area contributed by atoms with Crippen LogP contribution in [0, 0.1) is 0 Å². The molecule has 0 nitrogen and oxygen atoms in total.